The highest BCUT2D eigenvalue weighted by molar-refractivity contribution is 14.1. The van der Waals surface area contributed by atoms with E-state index in [1.807, 2.05) is 24.3 Å². The van der Waals surface area contributed by atoms with E-state index in [1.165, 1.54) is 12.1 Å². The van der Waals surface area contributed by atoms with Crippen molar-refractivity contribution in [1.82, 2.24) is 10.2 Å². The summed E-state index contributed by atoms with van der Waals surface area (Å²) in [4.78, 5) is 10.2. The molecule has 0 fully saturated rings. The van der Waals surface area contributed by atoms with Gasteiger partial charge in [-0.1, -0.05) is 12.1 Å². The molecule has 0 aliphatic rings. The van der Waals surface area contributed by atoms with Gasteiger partial charge in [-0.3, -0.25) is 10.1 Å². The van der Waals surface area contributed by atoms with E-state index in [0.717, 1.165) is 9.13 Å². The lowest BCUT2D eigenvalue weighted by atomic mass is 10.2. The molecule has 21 heavy (non-hydrogen) atoms. The molecule has 6 nitrogen and oxygen atoms in total. The fourth-order valence-electron chi connectivity index (χ4n) is 1.81. The fourth-order valence-corrected chi connectivity index (χ4v) is 2.43. The Labute approximate surface area is 133 Å². The smallest absolute Gasteiger partial charge is 0.269 e. The maximum absolute atomic E-state index is 10.6. The number of non-ortho nitro benzene ring substituents is 1. The van der Waals surface area contributed by atoms with Gasteiger partial charge in [0, 0.05) is 21.3 Å². The quantitative estimate of drug-likeness (QED) is 0.383. The highest BCUT2D eigenvalue weighted by atomic mass is 127. The third kappa shape index (κ3) is 2.77. The van der Waals surface area contributed by atoms with Gasteiger partial charge in [0.15, 0.2) is 0 Å². The normalized spacial score (nSPS) is 10.5. The topological polar surface area (TPSA) is 82.1 Å². The van der Waals surface area contributed by atoms with E-state index in [0.29, 0.717) is 17.3 Å². The van der Waals surface area contributed by atoms with Crippen LogP contribution < -0.4 is 0 Å². The van der Waals surface area contributed by atoms with Crippen molar-refractivity contribution in [1.29, 1.82) is 0 Å². The number of nitro groups is 1. The molecule has 0 unspecified atom stereocenters. The predicted octanol–water partition coefficient (Wildman–Crippen LogP) is 3.92. The SMILES string of the molecule is O=[N+]([O-])c1ccc(-c2nnc(-c3ccccc3I)o2)cc1. The van der Waals surface area contributed by atoms with E-state index in [4.69, 9.17) is 4.42 Å². The molecule has 0 N–H and O–H groups in total. The van der Waals surface area contributed by atoms with E-state index in [-0.39, 0.29) is 5.69 Å². The van der Waals surface area contributed by atoms with E-state index in [1.54, 1.807) is 12.1 Å². The van der Waals surface area contributed by atoms with Crippen LogP contribution in [-0.2, 0) is 0 Å². The minimum Gasteiger partial charge on any atom is -0.416 e. The molecule has 1 aromatic heterocycles. The molecule has 0 saturated carbocycles. The lowest BCUT2D eigenvalue weighted by Crippen LogP contribution is -1.87. The number of nitro benzene ring substituents is 1. The molecule has 3 aromatic rings. The molecule has 2 aromatic carbocycles. The monoisotopic (exact) mass is 393 g/mol. The zero-order valence-corrected chi connectivity index (χ0v) is 12.7. The summed E-state index contributed by atoms with van der Waals surface area (Å²) in [5.74, 6) is 0.757. The van der Waals surface area contributed by atoms with E-state index >= 15 is 0 Å². The van der Waals surface area contributed by atoms with Gasteiger partial charge in [-0.2, -0.15) is 0 Å². The van der Waals surface area contributed by atoms with Crippen LogP contribution in [0.4, 0.5) is 5.69 Å². The Balaban J connectivity index is 1.95. The van der Waals surface area contributed by atoms with E-state index < -0.39 is 4.92 Å². The van der Waals surface area contributed by atoms with E-state index in [2.05, 4.69) is 32.8 Å². The number of rotatable bonds is 3. The number of nitrogens with zero attached hydrogens (tertiary/aromatic N) is 3. The van der Waals surface area contributed by atoms with Crippen LogP contribution in [0.3, 0.4) is 0 Å². The van der Waals surface area contributed by atoms with E-state index in [9.17, 15) is 10.1 Å². The summed E-state index contributed by atoms with van der Waals surface area (Å²) in [6.45, 7) is 0. The highest BCUT2D eigenvalue weighted by Gasteiger charge is 2.13. The standard InChI is InChI=1S/C14H8IN3O3/c15-12-4-2-1-3-11(12)14-17-16-13(21-14)9-5-7-10(8-6-9)18(19)20/h1-8H. The fraction of sp³-hybridized carbons (Fsp3) is 0. The Kier molecular flexibility index (Phi) is 3.65. The Morgan fingerprint density at radius 1 is 1.00 bits per heavy atom. The molecule has 0 spiro atoms. The number of hydrogen-bond donors (Lipinski definition) is 0. The second-order valence-electron chi connectivity index (χ2n) is 4.20. The van der Waals surface area contributed by atoms with Crippen molar-refractivity contribution >= 4 is 28.3 Å². The van der Waals surface area contributed by atoms with Crippen LogP contribution in [0.1, 0.15) is 0 Å². The second kappa shape index (κ2) is 5.60. The maximum Gasteiger partial charge on any atom is 0.269 e. The molecule has 104 valence electrons. The largest absolute Gasteiger partial charge is 0.416 e. The van der Waals surface area contributed by atoms with Gasteiger partial charge in [0.05, 0.1) is 10.5 Å². The molecular formula is C14H8IN3O3. The Bertz CT molecular complexity index is 799. The molecule has 3 rings (SSSR count). The van der Waals surface area contributed by atoms with Crippen molar-refractivity contribution in [3.05, 3.63) is 62.2 Å². The average molecular weight is 393 g/mol. The minimum atomic E-state index is -0.449. The van der Waals surface area contributed by atoms with Gasteiger partial charge in [-0.15, -0.1) is 10.2 Å². The van der Waals surface area contributed by atoms with Gasteiger partial charge >= 0.3 is 0 Å². The lowest BCUT2D eigenvalue weighted by Gasteiger charge is -1.97. The maximum atomic E-state index is 10.6. The van der Waals surface area contributed by atoms with Crippen LogP contribution in [0, 0.1) is 13.7 Å². The Morgan fingerprint density at radius 2 is 1.67 bits per heavy atom. The lowest BCUT2D eigenvalue weighted by molar-refractivity contribution is -0.384. The third-order valence-electron chi connectivity index (χ3n) is 2.85. The average Bonchev–Trinajstić information content (AvgIpc) is 2.97. The third-order valence-corrected chi connectivity index (χ3v) is 3.80. The first-order chi connectivity index (χ1) is 10.1. The molecule has 0 amide bonds. The van der Waals surface area contributed by atoms with Crippen LogP contribution in [0.5, 0.6) is 0 Å². The second-order valence-corrected chi connectivity index (χ2v) is 5.36. The summed E-state index contributed by atoms with van der Waals surface area (Å²) < 4.78 is 6.65. The van der Waals surface area contributed by atoms with Crippen molar-refractivity contribution in [2.45, 2.75) is 0 Å². The zero-order chi connectivity index (χ0) is 14.8. The summed E-state index contributed by atoms with van der Waals surface area (Å²) >= 11 is 2.20. The van der Waals surface area contributed by atoms with Gasteiger partial charge in [0.1, 0.15) is 0 Å². The van der Waals surface area contributed by atoms with Crippen molar-refractivity contribution in [3.63, 3.8) is 0 Å². The van der Waals surface area contributed by atoms with Crippen molar-refractivity contribution < 1.29 is 9.34 Å². The van der Waals surface area contributed by atoms with Crippen LogP contribution >= 0.6 is 22.6 Å². The first-order valence-electron chi connectivity index (χ1n) is 5.98. The number of aromatic nitrogens is 2. The first kappa shape index (κ1) is 13.7. The minimum absolute atomic E-state index is 0.0242. The molecule has 7 heteroatoms. The van der Waals surface area contributed by atoms with Gasteiger partial charge in [-0.05, 0) is 46.9 Å². The Morgan fingerprint density at radius 3 is 2.33 bits per heavy atom. The molecular weight excluding hydrogens is 385 g/mol. The summed E-state index contributed by atoms with van der Waals surface area (Å²) in [5, 5.41) is 18.6. The molecule has 0 atom stereocenters. The number of benzene rings is 2. The molecule has 0 aliphatic carbocycles. The van der Waals surface area contributed by atoms with Crippen molar-refractivity contribution in [2.75, 3.05) is 0 Å². The van der Waals surface area contributed by atoms with Gasteiger partial charge in [-0.25, -0.2) is 0 Å². The molecule has 0 saturated heterocycles. The molecule has 0 bridgehead atoms. The zero-order valence-electron chi connectivity index (χ0n) is 10.6. The first-order valence-corrected chi connectivity index (χ1v) is 7.06. The Hall–Kier alpha value is -2.29. The van der Waals surface area contributed by atoms with Crippen LogP contribution in [0.25, 0.3) is 22.9 Å². The summed E-state index contributed by atoms with van der Waals surface area (Å²) in [6, 6.07) is 13.7. The van der Waals surface area contributed by atoms with Crippen LogP contribution in [0.2, 0.25) is 0 Å². The van der Waals surface area contributed by atoms with Gasteiger partial charge < -0.3 is 4.42 Å². The van der Waals surface area contributed by atoms with Gasteiger partial charge in [0.2, 0.25) is 11.8 Å². The predicted molar refractivity (Wildman–Crippen MR) is 84.5 cm³/mol. The van der Waals surface area contributed by atoms with Gasteiger partial charge in [0.25, 0.3) is 5.69 Å². The number of hydrogen-bond acceptors (Lipinski definition) is 5. The highest BCUT2D eigenvalue weighted by Crippen LogP contribution is 2.27. The number of halogens is 1. The molecule has 0 radical (unpaired) electrons. The molecule has 0 aliphatic heterocycles. The van der Waals surface area contributed by atoms with Crippen LogP contribution in [-0.4, -0.2) is 15.1 Å². The molecule has 1 heterocycles. The summed E-state index contributed by atoms with van der Waals surface area (Å²) in [6.07, 6.45) is 0. The van der Waals surface area contributed by atoms with Crippen LogP contribution in [0.15, 0.2) is 52.9 Å². The van der Waals surface area contributed by atoms with Crippen molar-refractivity contribution in [3.8, 4) is 22.9 Å². The van der Waals surface area contributed by atoms with Crippen molar-refractivity contribution in [2.24, 2.45) is 0 Å². The summed E-state index contributed by atoms with van der Waals surface area (Å²) in [7, 11) is 0. The summed E-state index contributed by atoms with van der Waals surface area (Å²) in [5.41, 5.74) is 1.53.